The Balaban J connectivity index is 1.21. The summed E-state index contributed by atoms with van der Waals surface area (Å²) < 4.78 is 10.8. The van der Waals surface area contributed by atoms with Crippen molar-refractivity contribution in [2.45, 2.75) is 13.5 Å². The predicted molar refractivity (Wildman–Crippen MR) is 106 cm³/mol. The van der Waals surface area contributed by atoms with Gasteiger partial charge in [-0.3, -0.25) is 4.79 Å². The number of tetrazole rings is 1. The third kappa shape index (κ3) is 4.85. The fraction of sp³-hybridized carbons (Fsp3) is 0.200. The van der Waals surface area contributed by atoms with E-state index in [4.69, 9.17) is 9.15 Å². The van der Waals surface area contributed by atoms with Gasteiger partial charge in [0.25, 0.3) is 5.89 Å². The van der Waals surface area contributed by atoms with Crippen LogP contribution in [-0.4, -0.2) is 49.5 Å². The molecular weight excluding hydrogens is 386 g/mol. The van der Waals surface area contributed by atoms with Crippen molar-refractivity contribution in [1.82, 2.24) is 35.7 Å². The van der Waals surface area contributed by atoms with Gasteiger partial charge in [0.2, 0.25) is 11.7 Å². The van der Waals surface area contributed by atoms with Crippen molar-refractivity contribution in [1.29, 1.82) is 0 Å². The molecule has 2 heterocycles. The van der Waals surface area contributed by atoms with Gasteiger partial charge >= 0.3 is 6.08 Å². The Morgan fingerprint density at radius 1 is 1.03 bits per heavy atom. The first-order valence-corrected chi connectivity index (χ1v) is 9.30. The van der Waals surface area contributed by atoms with Crippen molar-refractivity contribution in [3.05, 3.63) is 60.2 Å². The molecule has 152 valence electrons. The lowest BCUT2D eigenvalue weighted by Gasteiger charge is -2.04. The van der Waals surface area contributed by atoms with Gasteiger partial charge in [0.1, 0.15) is 13.2 Å². The molecule has 0 bridgehead atoms. The zero-order valence-electron chi connectivity index (χ0n) is 16.2. The Labute approximate surface area is 171 Å². The third-order valence-corrected chi connectivity index (χ3v) is 4.12. The quantitative estimate of drug-likeness (QED) is 0.441. The molecule has 0 saturated heterocycles. The van der Waals surface area contributed by atoms with Gasteiger partial charge in [-0.25, -0.2) is 0 Å². The minimum absolute atomic E-state index is 0.0441. The second kappa shape index (κ2) is 8.95. The normalized spacial score (nSPS) is 10.7. The Morgan fingerprint density at radius 3 is 2.63 bits per heavy atom. The van der Waals surface area contributed by atoms with Gasteiger partial charge in [-0.1, -0.05) is 53.1 Å². The Hall–Kier alpha value is -4.08. The van der Waals surface area contributed by atoms with Crippen LogP contribution >= 0.6 is 0 Å². The molecule has 1 N–H and O–H groups in total. The number of hydrogen-bond acceptors (Lipinski definition) is 8. The maximum atomic E-state index is 12.1. The van der Waals surface area contributed by atoms with Crippen molar-refractivity contribution in [2.75, 3.05) is 13.2 Å². The first kappa shape index (κ1) is 19.2. The van der Waals surface area contributed by atoms with Crippen LogP contribution in [-0.2, 0) is 11.3 Å². The topological polar surface area (TPSA) is 121 Å². The van der Waals surface area contributed by atoms with E-state index in [0.717, 1.165) is 16.7 Å². The van der Waals surface area contributed by atoms with Crippen LogP contribution in [0.4, 0.5) is 0 Å². The van der Waals surface area contributed by atoms with Crippen LogP contribution in [0, 0.1) is 6.92 Å². The summed E-state index contributed by atoms with van der Waals surface area (Å²) in [5.74, 6) is 0.579. The van der Waals surface area contributed by atoms with E-state index in [1.54, 1.807) is 0 Å². The van der Waals surface area contributed by atoms with Crippen LogP contribution in [0.15, 0.2) is 59.0 Å². The van der Waals surface area contributed by atoms with Gasteiger partial charge in [-0.2, -0.15) is 4.80 Å². The highest BCUT2D eigenvalue weighted by molar-refractivity contribution is 5.75. The van der Waals surface area contributed by atoms with Crippen LogP contribution in [0.5, 0.6) is 6.08 Å². The molecule has 4 aromatic rings. The number of nitrogens with zero attached hydrogens (tertiary/aromatic N) is 6. The molecule has 0 saturated carbocycles. The van der Waals surface area contributed by atoms with E-state index < -0.39 is 0 Å². The molecule has 0 aliphatic heterocycles. The number of aromatic nitrogens is 6. The number of benzene rings is 2. The molecule has 1 amide bonds. The van der Waals surface area contributed by atoms with Crippen molar-refractivity contribution < 1.29 is 13.9 Å². The molecule has 30 heavy (non-hydrogen) atoms. The number of ether oxygens (including phenoxy) is 1. The molecule has 0 aliphatic rings. The lowest BCUT2D eigenvalue weighted by atomic mass is 10.1. The summed E-state index contributed by atoms with van der Waals surface area (Å²) in [5, 5.41) is 22.6. The van der Waals surface area contributed by atoms with E-state index in [9.17, 15) is 4.79 Å². The SMILES string of the molecule is Cc1ccc(-c2nnn(CC(=O)NCCOc3nnc(-c4ccccc4)o3)n2)cc1. The molecule has 10 heteroatoms. The molecule has 2 aromatic carbocycles. The minimum atomic E-state index is -0.262. The summed E-state index contributed by atoms with van der Waals surface area (Å²) in [6.07, 6.45) is 0.0452. The summed E-state index contributed by atoms with van der Waals surface area (Å²) in [4.78, 5) is 13.3. The van der Waals surface area contributed by atoms with E-state index in [1.807, 2.05) is 61.5 Å². The number of hydrogen-bond donors (Lipinski definition) is 1. The maximum Gasteiger partial charge on any atom is 0.414 e. The van der Waals surface area contributed by atoms with Crippen molar-refractivity contribution in [3.63, 3.8) is 0 Å². The largest absolute Gasteiger partial charge is 0.447 e. The van der Waals surface area contributed by atoms with E-state index >= 15 is 0 Å². The average molecular weight is 405 g/mol. The van der Waals surface area contributed by atoms with Crippen LogP contribution in [0.3, 0.4) is 0 Å². The van der Waals surface area contributed by atoms with Crippen molar-refractivity contribution in [3.8, 4) is 28.9 Å². The third-order valence-electron chi connectivity index (χ3n) is 4.12. The Morgan fingerprint density at radius 2 is 1.83 bits per heavy atom. The molecule has 2 aromatic heterocycles. The Bertz CT molecular complexity index is 1110. The highest BCUT2D eigenvalue weighted by Crippen LogP contribution is 2.20. The number of amides is 1. The van der Waals surface area contributed by atoms with E-state index in [1.165, 1.54) is 4.80 Å². The molecule has 10 nitrogen and oxygen atoms in total. The Kier molecular flexibility index (Phi) is 5.74. The number of nitrogens with one attached hydrogen (secondary N) is 1. The van der Waals surface area contributed by atoms with E-state index in [2.05, 4.69) is 30.9 Å². The summed E-state index contributed by atoms with van der Waals surface area (Å²) in [6, 6.07) is 17.1. The summed E-state index contributed by atoms with van der Waals surface area (Å²) >= 11 is 0. The molecule has 4 rings (SSSR count). The number of rotatable bonds is 8. The lowest BCUT2D eigenvalue weighted by molar-refractivity contribution is -0.122. The fourth-order valence-corrected chi connectivity index (χ4v) is 2.61. The lowest BCUT2D eigenvalue weighted by Crippen LogP contribution is -2.31. The molecule has 0 unspecified atom stereocenters. The van der Waals surface area contributed by atoms with Crippen LogP contribution < -0.4 is 10.1 Å². The molecular formula is C20H19N7O3. The second-order valence-electron chi connectivity index (χ2n) is 6.45. The fourth-order valence-electron chi connectivity index (χ4n) is 2.61. The second-order valence-corrected chi connectivity index (χ2v) is 6.45. The minimum Gasteiger partial charge on any atom is -0.447 e. The van der Waals surface area contributed by atoms with Gasteiger partial charge in [-0.05, 0) is 24.3 Å². The first-order chi connectivity index (χ1) is 14.7. The summed E-state index contributed by atoms with van der Waals surface area (Å²) in [7, 11) is 0. The van der Waals surface area contributed by atoms with E-state index in [-0.39, 0.29) is 31.7 Å². The highest BCUT2D eigenvalue weighted by atomic mass is 16.6. The number of carbonyl (C=O) groups excluding carboxylic acids is 1. The number of carbonyl (C=O) groups is 1. The van der Waals surface area contributed by atoms with Gasteiger partial charge in [-0.15, -0.1) is 15.3 Å². The van der Waals surface area contributed by atoms with Gasteiger partial charge in [0, 0.05) is 11.1 Å². The van der Waals surface area contributed by atoms with Crippen LogP contribution in [0.2, 0.25) is 0 Å². The highest BCUT2D eigenvalue weighted by Gasteiger charge is 2.11. The van der Waals surface area contributed by atoms with Gasteiger partial charge in [0.05, 0.1) is 6.54 Å². The molecule has 0 aliphatic carbocycles. The maximum absolute atomic E-state index is 12.1. The monoisotopic (exact) mass is 405 g/mol. The van der Waals surface area contributed by atoms with Crippen LogP contribution in [0.25, 0.3) is 22.8 Å². The standard InChI is InChI=1S/C20H19N7O3/c1-14-7-9-15(10-8-14)18-22-26-27(25-18)13-17(28)21-11-12-29-20-24-23-19(30-20)16-5-3-2-4-6-16/h2-10H,11-13H2,1H3,(H,21,28). The summed E-state index contributed by atoms with van der Waals surface area (Å²) in [6.45, 7) is 2.41. The van der Waals surface area contributed by atoms with E-state index in [0.29, 0.717) is 11.7 Å². The van der Waals surface area contributed by atoms with Crippen molar-refractivity contribution in [2.24, 2.45) is 0 Å². The zero-order valence-corrected chi connectivity index (χ0v) is 16.2. The molecule has 0 fully saturated rings. The first-order valence-electron chi connectivity index (χ1n) is 9.30. The summed E-state index contributed by atoms with van der Waals surface area (Å²) in [5.41, 5.74) is 2.79. The molecule has 0 spiro atoms. The number of aryl methyl sites for hydroxylation is 1. The van der Waals surface area contributed by atoms with Gasteiger partial charge in [0.15, 0.2) is 0 Å². The molecule has 0 radical (unpaired) electrons. The zero-order chi connectivity index (χ0) is 20.8. The van der Waals surface area contributed by atoms with Gasteiger partial charge < -0.3 is 14.5 Å². The average Bonchev–Trinajstić information content (AvgIpc) is 3.42. The van der Waals surface area contributed by atoms with Crippen molar-refractivity contribution >= 4 is 5.91 Å². The molecule has 0 atom stereocenters. The smallest absolute Gasteiger partial charge is 0.414 e. The predicted octanol–water partition coefficient (Wildman–Crippen LogP) is 1.89. The van der Waals surface area contributed by atoms with Crippen LogP contribution in [0.1, 0.15) is 5.56 Å².